The van der Waals surface area contributed by atoms with Gasteiger partial charge in [-0.25, -0.2) is 4.79 Å². The fraction of sp³-hybridized carbons (Fsp3) is 0.427. The maximum absolute atomic E-state index is 12.1. The molecule has 0 atom stereocenters. The van der Waals surface area contributed by atoms with E-state index in [2.05, 4.69) is 495 Å². The third kappa shape index (κ3) is 31.9. The van der Waals surface area contributed by atoms with E-state index in [9.17, 15) is 9.90 Å². The number of aryl methyl sites for hydroxylation is 3. The molecule has 144 heavy (non-hydrogen) atoms. The van der Waals surface area contributed by atoms with Crippen LogP contribution in [0.2, 0.25) is 88.6 Å². The molecule has 0 spiro atoms. The first-order valence-electron chi connectivity index (χ1n) is 51.0. The Hall–Kier alpha value is -6.31. The molecule has 0 saturated heterocycles. The Morgan fingerprint density at radius 1 is 0.396 bits per heavy atom. The average Bonchev–Trinajstić information content (AvgIpc) is 0.830. The summed E-state index contributed by atoms with van der Waals surface area (Å²) in [5.41, 5.74) is 23.9. The van der Waals surface area contributed by atoms with E-state index in [1.54, 1.807) is 56.5 Å². The normalized spacial score (nSPS) is 15.6. The SMILES string of the molecule is C#C[Si](C)(C)C.CC(C)(C)[Si](OCc1ccc(Br)s1)(c1ccccc1)c1ccccc1.CC(C)(C)[Si](OCc1ccc(C#C[Si](C)(C)C)s1)(c1ccccc1)c1ccccc1.CCOC(=O)c1ccc(/C=C(/c2cc3c(cc2C)C(C)(C)CCC3(C)C)[Si](C)(C)C)s1.Cc1cc2c(cc1/C(=C/c1ccc(CO)s1)[Si](C)(C)C)C(C)(C)CCC2(C)C.Cc1cc2c(cc1Br)C(C)(C)CCC2(C)C.OCc1ccc(Br)s1. The van der Waals surface area contributed by atoms with Gasteiger partial charge in [-0.15, -0.1) is 74.2 Å². The molecule has 0 radical (unpaired) electrons. The highest BCUT2D eigenvalue weighted by Gasteiger charge is 2.52. The fourth-order valence-corrected chi connectivity index (χ4v) is 38.1. The lowest BCUT2D eigenvalue weighted by atomic mass is 9.62. The van der Waals surface area contributed by atoms with Gasteiger partial charge in [0.25, 0.3) is 16.6 Å². The maximum Gasteiger partial charge on any atom is 0.348 e. The highest BCUT2D eigenvalue weighted by molar-refractivity contribution is 9.11. The Bertz CT molecular complexity index is 6330. The summed E-state index contributed by atoms with van der Waals surface area (Å²) in [5.74, 6) is 3.16. The molecule has 0 aliphatic heterocycles. The number of aliphatic hydroxyl groups is 2. The van der Waals surface area contributed by atoms with E-state index in [1.165, 1.54) is 150 Å². The largest absolute Gasteiger partial charge is 0.462 e. The van der Waals surface area contributed by atoms with Crippen molar-refractivity contribution in [1.82, 2.24) is 0 Å². The van der Waals surface area contributed by atoms with Gasteiger partial charge in [0.1, 0.15) is 21.0 Å². The number of benzene rings is 7. The number of carbonyl (C=O) groups is 1. The fourth-order valence-electron chi connectivity index (χ4n) is 19.2. The molecule has 2 N–H and O–H groups in total. The zero-order valence-electron chi connectivity index (χ0n) is 93.0. The molecular formula is C124H165Br3O6S5Si6. The molecule has 5 aromatic heterocycles. The number of thiophene rings is 5. The van der Waals surface area contributed by atoms with E-state index < -0.39 is 48.9 Å². The van der Waals surface area contributed by atoms with Crippen molar-refractivity contribution >= 4 is 203 Å². The van der Waals surface area contributed by atoms with Crippen LogP contribution in [0.5, 0.6) is 0 Å². The number of hydrogen-bond acceptors (Lipinski definition) is 11. The van der Waals surface area contributed by atoms with Crippen LogP contribution < -0.4 is 20.7 Å². The molecule has 3 aliphatic rings. The molecule has 5 heterocycles. The quantitative estimate of drug-likeness (QED) is 0.0449. The third-order valence-electron chi connectivity index (χ3n) is 28.0. The summed E-state index contributed by atoms with van der Waals surface area (Å²) in [5, 5.41) is 26.2. The first kappa shape index (κ1) is 121. The van der Waals surface area contributed by atoms with Gasteiger partial charge in [0, 0.05) is 33.7 Å². The van der Waals surface area contributed by atoms with Crippen molar-refractivity contribution in [3.05, 3.63) is 331 Å². The van der Waals surface area contributed by atoms with Gasteiger partial charge in [-0.2, -0.15) is 0 Å². The maximum atomic E-state index is 12.1. The van der Waals surface area contributed by atoms with Gasteiger partial charge in [-0.1, -0.05) is 387 Å². The molecule has 15 rings (SSSR count). The number of carbonyl (C=O) groups excluding carboxylic acids is 1. The average molecular weight is 2320 g/mol. The number of terminal acetylenes is 1. The number of halogens is 3. The van der Waals surface area contributed by atoms with Crippen molar-refractivity contribution in [2.75, 3.05) is 6.61 Å². The van der Waals surface area contributed by atoms with Crippen molar-refractivity contribution in [3.8, 4) is 23.4 Å². The molecule has 0 fully saturated rings. The molecule has 0 bridgehead atoms. The number of ether oxygens (including phenoxy) is 1. The van der Waals surface area contributed by atoms with Crippen molar-refractivity contribution in [3.63, 3.8) is 0 Å². The zero-order valence-corrected chi connectivity index (χ0v) is 108. The summed E-state index contributed by atoms with van der Waals surface area (Å²) in [6.45, 7) is 80.9. The van der Waals surface area contributed by atoms with Crippen LogP contribution in [0.25, 0.3) is 22.5 Å². The number of esters is 1. The minimum absolute atomic E-state index is 0.00651. The number of fused-ring (bicyclic) bond motifs is 3. The van der Waals surface area contributed by atoms with Crippen LogP contribution in [0.15, 0.2) is 230 Å². The molecule has 0 amide bonds. The van der Waals surface area contributed by atoms with Crippen molar-refractivity contribution in [2.45, 2.75) is 338 Å². The molecular weight excluding hydrogens is 2150 g/mol. The Labute approximate surface area is 921 Å². The molecule has 6 nitrogen and oxygen atoms in total. The van der Waals surface area contributed by atoms with E-state index in [1.807, 2.05) is 31.2 Å². The second-order valence-electron chi connectivity index (χ2n) is 49.0. The van der Waals surface area contributed by atoms with Gasteiger partial charge in [-0.05, 0) is 301 Å². The van der Waals surface area contributed by atoms with E-state index in [0.717, 1.165) is 27.1 Å². The lowest BCUT2D eigenvalue weighted by molar-refractivity contribution is 0.0532. The zero-order chi connectivity index (χ0) is 107. The topological polar surface area (TPSA) is 85.2 Å². The Kier molecular flexibility index (Phi) is 42.0. The molecule has 7 aromatic carbocycles. The van der Waals surface area contributed by atoms with Crippen LogP contribution >= 0.6 is 104 Å². The minimum Gasteiger partial charge on any atom is -0.462 e. The van der Waals surface area contributed by atoms with Crippen molar-refractivity contribution < 1.29 is 28.6 Å². The van der Waals surface area contributed by atoms with Crippen LogP contribution in [0.4, 0.5) is 0 Å². The Morgan fingerprint density at radius 2 is 0.701 bits per heavy atom. The van der Waals surface area contributed by atoms with Crippen LogP contribution in [-0.2, 0) is 72.5 Å². The molecule has 0 saturated carbocycles. The first-order chi connectivity index (χ1) is 66.8. The summed E-state index contributed by atoms with van der Waals surface area (Å²) in [4.78, 5) is 20.8. The standard InChI is InChI=1S/C27H38O2SSi.C26H32OSSi2.C25H36OSSi.C21H23BrOSSi.C15H21Br.C5H5BrOS.C5H10Si/c1-10-29-25(28)23-12-11-19(30-23)16-24(31(7,8)9)20-17-22-21(15-18(20)2)26(3,4)13-14-27(22,5)6;1-26(2,3)30(24-13-9-7-10-14-24,25-15-11-8-12-16-25)27-21-23-18-17-22(28-23)19-20-29(4,5)6;1-17-13-21-22(25(4,5)12-11-24(21,2)3)15-20(17)23(28(6,7)8)14-18-9-10-19(16-26)27-18;1-21(2,3)25(18-10-6-4-7-11-18,19-12-8-5-9-13-19)23-16-17-14-15-20(22)24-17;1-10-8-11-12(9-13(10)16)15(4,5)7-6-14(11,2)3;6-5-2-1-4(3-7)8-5;1-5-6(2,3)4/h11-12,15-17H,10,13-14H2,1-9H3;7-18H,21H2,1-6H3;9-10,13-15,26H,11-12,16H2,1-8H3;4-15H,16H2,1-3H3;8-9H,6-7H2,1-5H3;1-2,7H,3H2;1H,2-4H3/b24-16-;;23-14-;;;;. The second-order valence-corrected chi connectivity index (χ2v) is 86.7. The monoisotopic (exact) mass is 2310 g/mol. The predicted octanol–water partition coefficient (Wildman–Crippen LogP) is 35.6. The van der Waals surface area contributed by atoms with Crippen LogP contribution in [0.1, 0.15) is 275 Å². The van der Waals surface area contributed by atoms with Gasteiger partial charge >= 0.3 is 5.97 Å². The lowest BCUT2D eigenvalue weighted by Gasteiger charge is -2.43. The van der Waals surface area contributed by atoms with E-state index in [4.69, 9.17) is 25.1 Å². The molecule has 772 valence electrons. The number of aliphatic hydroxyl groups excluding tert-OH is 2. The number of rotatable bonds is 20. The second kappa shape index (κ2) is 49.9. The van der Waals surface area contributed by atoms with E-state index >= 15 is 0 Å². The highest BCUT2D eigenvalue weighted by Crippen LogP contribution is 2.52. The molecule has 12 aromatic rings. The smallest absolute Gasteiger partial charge is 0.348 e. The van der Waals surface area contributed by atoms with Gasteiger partial charge in [0.15, 0.2) is 0 Å². The summed E-state index contributed by atoms with van der Waals surface area (Å²) >= 11 is 18.8. The van der Waals surface area contributed by atoms with Crippen LogP contribution in [-0.4, -0.2) is 71.7 Å². The molecule has 3 aliphatic carbocycles. The molecule has 0 unspecified atom stereocenters. The molecule has 20 heteroatoms. The van der Waals surface area contributed by atoms with Gasteiger partial charge in [0.2, 0.25) is 0 Å². The summed E-state index contributed by atoms with van der Waals surface area (Å²) in [6.07, 6.45) is 17.3. The van der Waals surface area contributed by atoms with E-state index in [0.29, 0.717) is 35.5 Å². The van der Waals surface area contributed by atoms with Crippen LogP contribution in [0.3, 0.4) is 0 Å². The predicted molar refractivity (Wildman–Crippen MR) is 662 cm³/mol. The highest BCUT2D eigenvalue weighted by atomic mass is 79.9. The lowest BCUT2D eigenvalue weighted by Crippen LogP contribution is -2.66. The van der Waals surface area contributed by atoms with Crippen molar-refractivity contribution in [2.24, 2.45) is 0 Å². The van der Waals surface area contributed by atoms with Crippen molar-refractivity contribution in [1.29, 1.82) is 0 Å². The van der Waals surface area contributed by atoms with Gasteiger partial charge in [-0.3, -0.25) is 0 Å². The Balaban J connectivity index is 0.000000195. The number of hydrogen-bond donors (Lipinski definition) is 2. The third-order valence-corrected chi connectivity index (χ3v) is 50.8. The van der Waals surface area contributed by atoms with Gasteiger partial charge in [0.05, 0.1) is 61.6 Å². The van der Waals surface area contributed by atoms with Gasteiger partial charge < -0.3 is 23.8 Å². The summed E-state index contributed by atoms with van der Waals surface area (Å²) in [7, 11) is -10.6. The summed E-state index contributed by atoms with van der Waals surface area (Å²) < 4.78 is 22.6. The Morgan fingerprint density at radius 3 is 1.01 bits per heavy atom. The van der Waals surface area contributed by atoms with Crippen LogP contribution in [0, 0.1) is 44.2 Å². The van der Waals surface area contributed by atoms with E-state index in [-0.39, 0.29) is 50.9 Å². The summed E-state index contributed by atoms with van der Waals surface area (Å²) in [6, 6.07) is 78.4. The first-order valence-corrected chi connectivity index (χ1v) is 75.3. The minimum atomic E-state index is -2.49.